The largest absolute Gasteiger partial charge is 0.416 e. The molecular weight excluding hydrogens is 246 g/mol. The molecule has 0 spiro atoms. The summed E-state index contributed by atoms with van der Waals surface area (Å²) in [6, 6.07) is 0. The Morgan fingerprint density at radius 1 is 0.765 bits per heavy atom. The van der Waals surface area contributed by atoms with Crippen LogP contribution in [0.3, 0.4) is 0 Å². The van der Waals surface area contributed by atoms with Crippen LogP contribution < -0.4 is 0 Å². The summed E-state index contributed by atoms with van der Waals surface area (Å²) < 4.78 is 11.7. The third-order valence-electron chi connectivity index (χ3n) is 2.33. The zero-order chi connectivity index (χ0) is 13.5. The van der Waals surface area contributed by atoms with E-state index >= 15 is 0 Å². The van der Waals surface area contributed by atoms with Crippen LogP contribution in [0.5, 0.6) is 0 Å². The molecule has 0 heterocycles. The van der Waals surface area contributed by atoms with E-state index < -0.39 is 16.6 Å². The molecule has 0 aromatic rings. The lowest BCUT2D eigenvalue weighted by Gasteiger charge is -2.25. The summed E-state index contributed by atoms with van der Waals surface area (Å²) in [4.78, 5) is 2.40. The summed E-state index contributed by atoms with van der Waals surface area (Å²) in [5.74, 6) is 0. The van der Waals surface area contributed by atoms with Gasteiger partial charge in [-0.2, -0.15) is 0 Å². The fraction of sp³-hybridized carbons (Fsp3) is 1.00. The summed E-state index contributed by atoms with van der Waals surface area (Å²) in [5, 5.41) is 0. The standard InChI is InChI=1S/C12H31NO2Si2/c1-8-13(9-11-14-16(2,3)4)10-12-15-17(5,6)7/h8-12H2,1-7H3. The van der Waals surface area contributed by atoms with Gasteiger partial charge in [0.25, 0.3) is 0 Å². The van der Waals surface area contributed by atoms with E-state index in [1.54, 1.807) is 0 Å². The van der Waals surface area contributed by atoms with E-state index in [-0.39, 0.29) is 0 Å². The predicted molar refractivity (Wildman–Crippen MR) is 80.7 cm³/mol. The molecule has 0 atom stereocenters. The maximum absolute atomic E-state index is 5.87. The second-order valence-corrected chi connectivity index (χ2v) is 15.4. The molecule has 0 unspecified atom stereocenters. The normalized spacial score (nSPS) is 13.4. The average Bonchev–Trinajstić information content (AvgIpc) is 2.11. The molecule has 0 aliphatic carbocycles. The van der Waals surface area contributed by atoms with E-state index in [0.29, 0.717) is 0 Å². The number of hydrogen-bond donors (Lipinski definition) is 0. The Labute approximate surface area is 110 Å². The fourth-order valence-electron chi connectivity index (χ4n) is 1.39. The van der Waals surface area contributed by atoms with Crippen molar-refractivity contribution in [3.8, 4) is 0 Å². The van der Waals surface area contributed by atoms with Gasteiger partial charge in [0.15, 0.2) is 16.6 Å². The van der Waals surface area contributed by atoms with Gasteiger partial charge >= 0.3 is 0 Å². The topological polar surface area (TPSA) is 21.7 Å². The van der Waals surface area contributed by atoms with Crippen molar-refractivity contribution in [1.29, 1.82) is 0 Å². The van der Waals surface area contributed by atoms with Gasteiger partial charge in [-0.05, 0) is 45.8 Å². The second-order valence-electron chi connectivity index (χ2n) is 6.36. The quantitative estimate of drug-likeness (QED) is 0.605. The van der Waals surface area contributed by atoms with Gasteiger partial charge < -0.3 is 8.85 Å². The van der Waals surface area contributed by atoms with Gasteiger partial charge in [-0.15, -0.1) is 0 Å². The fourth-order valence-corrected chi connectivity index (χ4v) is 2.80. The first kappa shape index (κ1) is 17.3. The molecule has 0 saturated carbocycles. The molecule has 0 fully saturated rings. The van der Waals surface area contributed by atoms with E-state index in [0.717, 1.165) is 32.8 Å². The molecule has 0 saturated heterocycles. The summed E-state index contributed by atoms with van der Waals surface area (Å²) in [6.45, 7) is 20.4. The molecule has 0 aromatic heterocycles. The van der Waals surface area contributed by atoms with E-state index in [1.807, 2.05) is 0 Å². The lowest BCUT2D eigenvalue weighted by Crippen LogP contribution is -2.36. The molecule has 0 aliphatic rings. The highest BCUT2D eigenvalue weighted by Gasteiger charge is 2.16. The van der Waals surface area contributed by atoms with E-state index in [4.69, 9.17) is 8.85 Å². The second kappa shape index (κ2) is 7.68. The molecular formula is C12H31NO2Si2. The van der Waals surface area contributed by atoms with E-state index in [2.05, 4.69) is 51.1 Å². The maximum atomic E-state index is 5.87. The third-order valence-corrected chi connectivity index (χ3v) is 4.47. The van der Waals surface area contributed by atoms with Crippen LogP contribution in [0, 0.1) is 0 Å². The number of hydrogen-bond acceptors (Lipinski definition) is 3. The Hall–Kier alpha value is 0.314. The van der Waals surface area contributed by atoms with Gasteiger partial charge in [-0.3, -0.25) is 4.90 Å². The van der Waals surface area contributed by atoms with Gasteiger partial charge in [0.1, 0.15) is 0 Å². The Balaban J connectivity index is 3.70. The molecule has 0 radical (unpaired) electrons. The zero-order valence-corrected chi connectivity index (χ0v) is 14.8. The van der Waals surface area contributed by atoms with Crippen LogP contribution in [0.2, 0.25) is 39.3 Å². The molecule has 5 heteroatoms. The van der Waals surface area contributed by atoms with Crippen molar-refractivity contribution in [2.45, 2.75) is 46.2 Å². The molecule has 0 aromatic carbocycles. The molecule has 0 rings (SSSR count). The van der Waals surface area contributed by atoms with Crippen molar-refractivity contribution >= 4 is 16.6 Å². The number of rotatable bonds is 9. The first-order valence-corrected chi connectivity index (χ1v) is 13.5. The monoisotopic (exact) mass is 277 g/mol. The summed E-state index contributed by atoms with van der Waals surface area (Å²) in [5.41, 5.74) is 0. The molecule has 0 amide bonds. The minimum atomic E-state index is -1.35. The van der Waals surface area contributed by atoms with E-state index in [1.165, 1.54) is 0 Å². The average molecular weight is 278 g/mol. The summed E-state index contributed by atoms with van der Waals surface area (Å²) >= 11 is 0. The molecule has 0 N–H and O–H groups in total. The van der Waals surface area contributed by atoms with Crippen molar-refractivity contribution in [1.82, 2.24) is 4.90 Å². The summed E-state index contributed by atoms with van der Waals surface area (Å²) in [6.07, 6.45) is 0. The Morgan fingerprint density at radius 2 is 1.12 bits per heavy atom. The lowest BCUT2D eigenvalue weighted by atomic mass is 10.5. The maximum Gasteiger partial charge on any atom is 0.183 e. The SMILES string of the molecule is CCN(CCO[Si](C)(C)C)CCO[Si](C)(C)C. The first-order chi connectivity index (χ1) is 7.64. The van der Waals surface area contributed by atoms with Gasteiger partial charge in [0, 0.05) is 26.3 Å². The van der Waals surface area contributed by atoms with Gasteiger partial charge in [0.2, 0.25) is 0 Å². The molecule has 0 bridgehead atoms. The number of nitrogens with zero attached hydrogens (tertiary/aromatic N) is 1. The zero-order valence-electron chi connectivity index (χ0n) is 12.8. The van der Waals surface area contributed by atoms with Crippen molar-refractivity contribution < 1.29 is 8.85 Å². The van der Waals surface area contributed by atoms with Crippen molar-refractivity contribution in [3.63, 3.8) is 0 Å². The highest BCUT2D eigenvalue weighted by atomic mass is 28.4. The highest BCUT2D eigenvalue weighted by molar-refractivity contribution is 6.70. The van der Waals surface area contributed by atoms with Crippen molar-refractivity contribution in [3.05, 3.63) is 0 Å². The Kier molecular flexibility index (Phi) is 7.83. The lowest BCUT2D eigenvalue weighted by molar-refractivity contribution is 0.178. The molecule has 0 aliphatic heterocycles. The van der Waals surface area contributed by atoms with Crippen molar-refractivity contribution in [2.24, 2.45) is 0 Å². The van der Waals surface area contributed by atoms with Gasteiger partial charge in [-0.1, -0.05) is 6.92 Å². The van der Waals surface area contributed by atoms with Gasteiger partial charge in [0.05, 0.1) is 0 Å². The molecule has 104 valence electrons. The van der Waals surface area contributed by atoms with Crippen LogP contribution in [0.4, 0.5) is 0 Å². The van der Waals surface area contributed by atoms with Crippen molar-refractivity contribution in [2.75, 3.05) is 32.8 Å². The Bertz CT molecular complexity index is 180. The van der Waals surface area contributed by atoms with Crippen LogP contribution in [-0.4, -0.2) is 54.4 Å². The van der Waals surface area contributed by atoms with Crippen LogP contribution in [-0.2, 0) is 8.85 Å². The minimum absolute atomic E-state index is 0.858. The Morgan fingerprint density at radius 3 is 1.35 bits per heavy atom. The highest BCUT2D eigenvalue weighted by Crippen LogP contribution is 2.04. The molecule has 17 heavy (non-hydrogen) atoms. The number of likely N-dealkylation sites (N-methyl/N-ethyl adjacent to an activating group) is 1. The van der Waals surface area contributed by atoms with E-state index in [9.17, 15) is 0 Å². The van der Waals surface area contributed by atoms with Crippen LogP contribution >= 0.6 is 0 Å². The predicted octanol–water partition coefficient (Wildman–Crippen LogP) is 3.01. The first-order valence-electron chi connectivity index (χ1n) is 6.64. The van der Waals surface area contributed by atoms with Crippen LogP contribution in [0.1, 0.15) is 6.92 Å². The summed E-state index contributed by atoms with van der Waals surface area (Å²) in [7, 11) is -2.70. The van der Waals surface area contributed by atoms with Crippen LogP contribution in [0.15, 0.2) is 0 Å². The molecule has 3 nitrogen and oxygen atoms in total. The minimum Gasteiger partial charge on any atom is -0.416 e. The van der Waals surface area contributed by atoms with Gasteiger partial charge in [-0.25, -0.2) is 0 Å². The smallest absolute Gasteiger partial charge is 0.183 e. The van der Waals surface area contributed by atoms with Crippen LogP contribution in [0.25, 0.3) is 0 Å². The third kappa shape index (κ3) is 12.6.